The Bertz CT molecular complexity index is 656. The minimum absolute atomic E-state index is 0.150. The van der Waals surface area contributed by atoms with Crippen molar-refractivity contribution in [3.63, 3.8) is 0 Å². The lowest BCUT2D eigenvalue weighted by Gasteiger charge is -2.17. The molecule has 0 heterocycles. The molecule has 0 radical (unpaired) electrons. The Morgan fingerprint density at radius 3 is 2.45 bits per heavy atom. The van der Waals surface area contributed by atoms with Crippen molar-refractivity contribution in [3.05, 3.63) is 70.0 Å². The molecular formula is C14H11FN2O3. The number of carbonyl (C=O) groups excluding carboxylic acids is 1. The van der Waals surface area contributed by atoms with E-state index in [0.717, 1.165) is 0 Å². The Kier molecular flexibility index (Phi) is 3.74. The maximum Gasteiger partial charge on any atom is 0.270 e. The van der Waals surface area contributed by atoms with E-state index in [0.29, 0.717) is 5.69 Å². The highest BCUT2D eigenvalue weighted by atomic mass is 19.1. The van der Waals surface area contributed by atoms with Crippen molar-refractivity contribution < 1.29 is 14.1 Å². The second-order valence-corrected chi connectivity index (χ2v) is 4.15. The van der Waals surface area contributed by atoms with Crippen LogP contribution < -0.4 is 4.90 Å². The van der Waals surface area contributed by atoms with Crippen molar-refractivity contribution in [2.45, 2.75) is 0 Å². The highest BCUT2D eigenvalue weighted by Gasteiger charge is 2.16. The molecule has 0 aliphatic heterocycles. The molecule has 6 heteroatoms. The summed E-state index contributed by atoms with van der Waals surface area (Å²) in [5, 5.41) is 10.7. The van der Waals surface area contributed by atoms with Gasteiger partial charge in [-0.05, 0) is 30.3 Å². The number of amides is 1. The zero-order valence-corrected chi connectivity index (χ0v) is 10.6. The number of hydrogen-bond acceptors (Lipinski definition) is 3. The fraction of sp³-hybridized carbons (Fsp3) is 0.0714. The summed E-state index contributed by atoms with van der Waals surface area (Å²) in [6, 6.07) is 10.9. The fourth-order valence-electron chi connectivity index (χ4n) is 1.73. The number of rotatable bonds is 3. The monoisotopic (exact) mass is 274 g/mol. The summed E-state index contributed by atoms with van der Waals surface area (Å²) in [5.74, 6) is -0.801. The van der Waals surface area contributed by atoms with Gasteiger partial charge < -0.3 is 4.90 Å². The number of anilines is 1. The normalized spacial score (nSPS) is 10.1. The molecule has 0 saturated heterocycles. The molecule has 2 aromatic carbocycles. The van der Waals surface area contributed by atoms with E-state index in [1.54, 1.807) is 0 Å². The van der Waals surface area contributed by atoms with Gasteiger partial charge >= 0.3 is 0 Å². The van der Waals surface area contributed by atoms with Crippen LogP contribution in [0.5, 0.6) is 0 Å². The SMILES string of the molecule is CN(C(=O)c1cccc([N+](=O)[O-])c1)c1ccc(F)cc1. The van der Waals surface area contributed by atoms with E-state index in [4.69, 9.17) is 0 Å². The lowest BCUT2D eigenvalue weighted by atomic mass is 10.1. The van der Waals surface area contributed by atoms with Gasteiger partial charge in [-0.3, -0.25) is 14.9 Å². The van der Waals surface area contributed by atoms with Crippen molar-refractivity contribution in [2.24, 2.45) is 0 Å². The molecule has 0 aliphatic rings. The molecule has 0 N–H and O–H groups in total. The Labute approximate surface area is 114 Å². The van der Waals surface area contributed by atoms with Crippen molar-refractivity contribution in [1.82, 2.24) is 0 Å². The highest BCUT2D eigenvalue weighted by Crippen LogP contribution is 2.19. The third kappa shape index (κ3) is 2.80. The summed E-state index contributed by atoms with van der Waals surface area (Å²) in [7, 11) is 1.52. The molecule has 0 unspecified atom stereocenters. The van der Waals surface area contributed by atoms with Gasteiger partial charge in [0.05, 0.1) is 4.92 Å². The van der Waals surface area contributed by atoms with Gasteiger partial charge in [0.1, 0.15) is 5.82 Å². The van der Waals surface area contributed by atoms with Crippen LogP contribution >= 0.6 is 0 Å². The predicted octanol–water partition coefficient (Wildman–Crippen LogP) is 3.01. The van der Waals surface area contributed by atoms with Crippen LogP contribution in [0, 0.1) is 15.9 Å². The molecule has 2 rings (SSSR count). The number of non-ortho nitro benzene ring substituents is 1. The minimum atomic E-state index is -0.561. The summed E-state index contributed by atoms with van der Waals surface area (Å²) < 4.78 is 12.8. The van der Waals surface area contributed by atoms with Crippen LogP contribution in [0.25, 0.3) is 0 Å². The predicted molar refractivity (Wildman–Crippen MR) is 72.2 cm³/mol. The van der Waals surface area contributed by atoms with E-state index in [9.17, 15) is 19.3 Å². The molecule has 20 heavy (non-hydrogen) atoms. The van der Waals surface area contributed by atoms with Crippen LogP contribution in [0.15, 0.2) is 48.5 Å². The average Bonchev–Trinajstić information content (AvgIpc) is 2.46. The first kappa shape index (κ1) is 13.7. The number of nitro groups is 1. The van der Waals surface area contributed by atoms with E-state index < -0.39 is 16.6 Å². The van der Waals surface area contributed by atoms with Crippen LogP contribution in [0.2, 0.25) is 0 Å². The molecule has 0 aliphatic carbocycles. The largest absolute Gasteiger partial charge is 0.311 e. The Hall–Kier alpha value is -2.76. The summed E-state index contributed by atoms with van der Waals surface area (Å²) in [5.41, 5.74) is 0.553. The molecule has 0 atom stereocenters. The topological polar surface area (TPSA) is 63.5 Å². The van der Waals surface area contributed by atoms with Gasteiger partial charge in [-0.15, -0.1) is 0 Å². The molecule has 0 spiro atoms. The molecule has 2 aromatic rings. The first-order valence-corrected chi connectivity index (χ1v) is 5.77. The van der Waals surface area contributed by atoms with Gasteiger partial charge in [0, 0.05) is 30.4 Å². The van der Waals surface area contributed by atoms with E-state index in [1.165, 1.54) is 60.5 Å². The maximum absolute atomic E-state index is 12.8. The standard InChI is InChI=1S/C14H11FN2O3/c1-16(12-7-5-11(15)6-8-12)14(18)10-3-2-4-13(9-10)17(19)20/h2-9H,1H3. The number of carbonyl (C=O) groups is 1. The minimum Gasteiger partial charge on any atom is -0.311 e. The quantitative estimate of drug-likeness (QED) is 0.638. The van der Waals surface area contributed by atoms with E-state index in [-0.39, 0.29) is 11.3 Å². The molecule has 0 bridgehead atoms. The summed E-state index contributed by atoms with van der Waals surface area (Å²) in [6.45, 7) is 0. The van der Waals surface area contributed by atoms with Crippen LogP contribution in [0.3, 0.4) is 0 Å². The number of nitrogens with zero attached hydrogens (tertiary/aromatic N) is 2. The lowest BCUT2D eigenvalue weighted by molar-refractivity contribution is -0.384. The summed E-state index contributed by atoms with van der Waals surface area (Å²) in [6.07, 6.45) is 0. The molecular weight excluding hydrogens is 263 g/mol. The van der Waals surface area contributed by atoms with Gasteiger partial charge in [0.2, 0.25) is 0 Å². The van der Waals surface area contributed by atoms with E-state index in [1.807, 2.05) is 0 Å². The smallest absolute Gasteiger partial charge is 0.270 e. The van der Waals surface area contributed by atoms with Crippen molar-refractivity contribution in [1.29, 1.82) is 0 Å². The molecule has 102 valence electrons. The van der Waals surface area contributed by atoms with Gasteiger partial charge in [-0.25, -0.2) is 4.39 Å². The van der Waals surface area contributed by atoms with E-state index >= 15 is 0 Å². The van der Waals surface area contributed by atoms with Crippen molar-refractivity contribution in [2.75, 3.05) is 11.9 Å². The van der Waals surface area contributed by atoms with Gasteiger partial charge in [0.25, 0.3) is 11.6 Å². The highest BCUT2D eigenvalue weighted by molar-refractivity contribution is 6.06. The van der Waals surface area contributed by atoms with Crippen LogP contribution in [0.1, 0.15) is 10.4 Å². The Morgan fingerprint density at radius 1 is 1.20 bits per heavy atom. The Balaban J connectivity index is 2.28. The third-order valence-electron chi connectivity index (χ3n) is 2.82. The number of nitro benzene ring substituents is 1. The first-order chi connectivity index (χ1) is 9.49. The second-order valence-electron chi connectivity index (χ2n) is 4.15. The van der Waals surface area contributed by atoms with Crippen LogP contribution in [-0.4, -0.2) is 17.9 Å². The van der Waals surface area contributed by atoms with Crippen molar-refractivity contribution >= 4 is 17.3 Å². The summed E-state index contributed by atoms with van der Waals surface area (Å²) >= 11 is 0. The lowest BCUT2D eigenvalue weighted by Crippen LogP contribution is -2.26. The maximum atomic E-state index is 12.8. The van der Waals surface area contributed by atoms with Crippen LogP contribution in [-0.2, 0) is 0 Å². The van der Waals surface area contributed by atoms with Gasteiger partial charge in [-0.1, -0.05) is 6.07 Å². The van der Waals surface area contributed by atoms with E-state index in [2.05, 4.69) is 0 Å². The van der Waals surface area contributed by atoms with Crippen molar-refractivity contribution in [3.8, 4) is 0 Å². The fourth-order valence-corrected chi connectivity index (χ4v) is 1.73. The van der Waals surface area contributed by atoms with Gasteiger partial charge in [0.15, 0.2) is 0 Å². The molecule has 1 amide bonds. The average molecular weight is 274 g/mol. The Morgan fingerprint density at radius 2 is 1.85 bits per heavy atom. The molecule has 5 nitrogen and oxygen atoms in total. The molecule has 0 saturated carbocycles. The number of hydrogen-bond donors (Lipinski definition) is 0. The molecule has 0 fully saturated rings. The van der Waals surface area contributed by atoms with Gasteiger partial charge in [-0.2, -0.15) is 0 Å². The first-order valence-electron chi connectivity index (χ1n) is 5.77. The second kappa shape index (κ2) is 5.48. The summed E-state index contributed by atoms with van der Waals surface area (Å²) in [4.78, 5) is 23.6. The zero-order valence-electron chi connectivity index (χ0n) is 10.6. The van der Waals surface area contributed by atoms with Crippen LogP contribution in [0.4, 0.5) is 15.8 Å². The zero-order chi connectivity index (χ0) is 14.7. The number of benzene rings is 2. The number of halogens is 1. The third-order valence-corrected chi connectivity index (χ3v) is 2.82. The molecule has 0 aromatic heterocycles.